The number of aliphatic imine (C=N–C) groups is 1. The zero-order chi connectivity index (χ0) is 14.5. The number of hydrogen-bond acceptors (Lipinski definition) is 8. The number of nitro groups is 1. The molecule has 0 saturated carbocycles. The number of ether oxygens (including phenoxy) is 1. The van der Waals surface area contributed by atoms with Crippen LogP contribution in [-0.2, 0) is 4.79 Å². The molecule has 1 heterocycles. The van der Waals surface area contributed by atoms with Gasteiger partial charge in [0.15, 0.2) is 5.01 Å². The van der Waals surface area contributed by atoms with Crippen LogP contribution in [0.15, 0.2) is 29.3 Å². The molecule has 0 bridgehead atoms. The second kappa shape index (κ2) is 6.00. The van der Waals surface area contributed by atoms with Crippen molar-refractivity contribution in [1.29, 1.82) is 0 Å². The van der Waals surface area contributed by atoms with Crippen LogP contribution in [0.4, 0.5) is 10.8 Å². The van der Waals surface area contributed by atoms with E-state index in [1.807, 2.05) is 0 Å². The fraction of sp³-hybridized carbons (Fsp3) is 0.182. The number of nitro benzene ring substituents is 1. The molecule has 1 aromatic carbocycles. The van der Waals surface area contributed by atoms with Crippen LogP contribution in [0, 0.1) is 10.1 Å². The highest BCUT2D eigenvalue weighted by atomic mass is 32.1. The summed E-state index contributed by atoms with van der Waals surface area (Å²) in [5, 5.41) is 18.8. The molecular weight excluding hydrogens is 284 g/mol. The lowest BCUT2D eigenvalue weighted by Gasteiger charge is -2.10. The maximum Gasteiger partial charge on any atom is 0.269 e. The first kappa shape index (κ1) is 13.8. The van der Waals surface area contributed by atoms with Crippen molar-refractivity contribution in [2.45, 2.75) is 13.0 Å². The van der Waals surface area contributed by atoms with Gasteiger partial charge in [0.05, 0.1) is 4.92 Å². The molecule has 0 aliphatic heterocycles. The minimum absolute atomic E-state index is 0.0106. The van der Waals surface area contributed by atoms with Gasteiger partial charge >= 0.3 is 0 Å². The quantitative estimate of drug-likeness (QED) is 0.362. The summed E-state index contributed by atoms with van der Waals surface area (Å²) in [6, 6.07) is 5.70. The molecule has 0 aliphatic carbocycles. The van der Waals surface area contributed by atoms with E-state index in [4.69, 9.17) is 4.74 Å². The molecule has 2 aromatic rings. The Kier molecular flexibility index (Phi) is 4.14. The highest BCUT2D eigenvalue weighted by molar-refractivity contribution is 7.15. The molecule has 0 N–H and O–H groups in total. The first-order valence-corrected chi connectivity index (χ1v) is 6.24. The Morgan fingerprint density at radius 1 is 1.40 bits per heavy atom. The van der Waals surface area contributed by atoms with Gasteiger partial charge in [0, 0.05) is 12.1 Å². The van der Waals surface area contributed by atoms with Gasteiger partial charge < -0.3 is 4.74 Å². The van der Waals surface area contributed by atoms with E-state index < -0.39 is 11.0 Å². The predicted octanol–water partition coefficient (Wildman–Crippen LogP) is 2.55. The first-order chi connectivity index (χ1) is 9.60. The number of aromatic nitrogens is 2. The van der Waals surface area contributed by atoms with Gasteiger partial charge in [-0.3, -0.25) is 10.1 Å². The van der Waals surface area contributed by atoms with Gasteiger partial charge in [0.1, 0.15) is 11.9 Å². The molecule has 0 radical (unpaired) electrons. The third-order valence-electron chi connectivity index (χ3n) is 2.28. The van der Waals surface area contributed by atoms with Crippen molar-refractivity contribution < 1.29 is 14.5 Å². The molecule has 8 nitrogen and oxygen atoms in total. The number of non-ortho nitro benzene ring substituents is 1. The smallest absolute Gasteiger partial charge is 0.269 e. The second-order valence-electron chi connectivity index (χ2n) is 3.64. The molecule has 2 rings (SSSR count). The zero-order valence-electron chi connectivity index (χ0n) is 10.2. The van der Waals surface area contributed by atoms with Crippen molar-refractivity contribution in [2.75, 3.05) is 0 Å². The van der Waals surface area contributed by atoms with Crippen molar-refractivity contribution in [2.24, 2.45) is 4.99 Å². The number of carbonyl (C=O) groups excluding carboxylic acids is 1. The monoisotopic (exact) mass is 292 g/mol. The molecule has 0 fully saturated rings. The van der Waals surface area contributed by atoms with Crippen molar-refractivity contribution in [3.05, 3.63) is 39.4 Å². The van der Waals surface area contributed by atoms with Crippen LogP contribution in [0.25, 0.3) is 0 Å². The number of isocyanates is 1. The van der Waals surface area contributed by atoms with Crippen molar-refractivity contribution in [1.82, 2.24) is 10.2 Å². The van der Waals surface area contributed by atoms with Crippen LogP contribution < -0.4 is 4.74 Å². The Morgan fingerprint density at radius 3 is 2.70 bits per heavy atom. The number of nitrogens with zero attached hydrogens (tertiary/aromatic N) is 4. The van der Waals surface area contributed by atoms with Gasteiger partial charge in [-0.05, 0) is 19.1 Å². The van der Waals surface area contributed by atoms with E-state index in [-0.39, 0.29) is 10.8 Å². The van der Waals surface area contributed by atoms with Gasteiger partial charge in [-0.2, -0.15) is 0 Å². The summed E-state index contributed by atoms with van der Waals surface area (Å²) < 4.78 is 5.57. The fourth-order valence-electron chi connectivity index (χ4n) is 1.38. The lowest BCUT2D eigenvalue weighted by atomic mass is 10.3. The number of rotatable bonds is 5. The summed E-state index contributed by atoms with van der Waals surface area (Å²) >= 11 is 1.11. The van der Waals surface area contributed by atoms with Gasteiger partial charge in [-0.1, -0.05) is 11.3 Å². The van der Waals surface area contributed by atoms with Gasteiger partial charge in [-0.25, -0.2) is 4.79 Å². The van der Waals surface area contributed by atoms with E-state index in [1.54, 1.807) is 6.92 Å². The molecule has 1 unspecified atom stereocenters. The molecule has 9 heteroatoms. The maximum atomic E-state index is 10.5. The van der Waals surface area contributed by atoms with Crippen LogP contribution in [-0.4, -0.2) is 21.2 Å². The van der Waals surface area contributed by atoms with Crippen molar-refractivity contribution >= 4 is 28.2 Å². The van der Waals surface area contributed by atoms with Crippen LogP contribution in [0.3, 0.4) is 0 Å². The van der Waals surface area contributed by atoms with Gasteiger partial charge in [-0.15, -0.1) is 15.2 Å². The maximum absolute atomic E-state index is 10.5. The van der Waals surface area contributed by atoms with Crippen LogP contribution in [0.5, 0.6) is 5.75 Å². The molecule has 0 spiro atoms. The molecule has 1 aromatic heterocycles. The van der Waals surface area contributed by atoms with E-state index in [1.165, 1.54) is 30.3 Å². The fourth-order valence-corrected chi connectivity index (χ4v) is 2.02. The van der Waals surface area contributed by atoms with E-state index >= 15 is 0 Å². The minimum Gasteiger partial charge on any atom is -0.483 e. The summed E-state index contributed by atoms with van der Waals surface area (Å²) in [7, 11) is 0. The SMILES string of the molecule is CC(Oc1ccc([N+](=O)[O-])cc1)c1nnc(N=C=O)s1. The Balaban J connectivity index is 2.08. The van der Waals surface area contributed by atoms with Gasteiger partial charge in [0.2, 0.25) is 11.2 Å². The first-order valence-electron chi connectivity index (χ1n) is 5.42. The second-order valence-corrected chi connectivity index (χ2v) is 4.62. The van der Waals surface area contributed by atoms with Crippen LogP contribution in [0.2, 0.25) is 0 Å². The average Bonchev–Trinajstić information content (AvgIpc) is 2.88. The number of hydrogen-bond donors (Lipinski definition) is 0. The van der Waals surface area contributed by atoms with E-state index in [2.05, 4.69) is 15.2 Å². The highest BCUT2D eigenvalue weighted by Gasteiger charge is 2.14. The zero-order valence-corrected chi connectivity index (χ0v) is 11.0. The normalized spacial score (nSPS) is 11.4. The van der Waals surface area contributed by atoms with E-state index in [9.17, 15) is 14.9 Å². The Morgan fingerprint density at radius 2 is 2.10 bits per heavy atom. The predicted molar refractivity (Wildman–Crippen MR) is 69.8 cm³/mol. The standard InChI is InChI=1S/C11H8N4O4S/c1-7(10-13-14-11(20-10)12-6-16)19-9-4-2-8(3-5-9)15(17)18/h2-5,7H,1H3. The molecule has 0 aliphatic rings. The Hall–Kier alpha value is -2.64. The van der Waals surface area contributed by atoms with Crippen molar-refractivity contribution in [3.63, 3.8) is 0 Å². The third-order valence-corrected chi connectivity index (χ3v) is 3.26. The minimum atomic E-state index is -0.484. The summed E-state index contributed by atoms with van der Waals surface area (Å²) in [6.45, 7) is 1.75. The highest BCUT2D eigenvalue weighted by Crippen LogP contribution is 2.28. The van der Waals surface area contributed by atoms with Crippen molar-refractivity contribution in [3.8, 4) is 5.75 Å². The molecule has 20 heavy (non-hydrogen) atoms. The molecule has 0 amide bonds. The largest absolute Gasteiger partial charge is 0.483 e. The summed E-state index contributed by atoms with van der Waals surface area (Å²) in [5.74, 6) is 0.471. The Bertz CT molecular complexity index is 663. The van der Waals surface area contributed by atoms with Crippen LogP contribution >= 0.6 is 11.3 Å². The molecule has 0 saturated heterocycles. The third kappa shape index (κ3) is 3.22. The summed E-state index contributed by atoms with van der Waals surface area (Å²) in [5.41, 5.74) is -0.0106. The van der Waals surface area contributed by atoms with Gasteiger partial charge in [0.25, 0.3) is 5.69 Å². The topological polar surface area (TPSA) is 108 Å². The lowest BCUT2D eigenvalue weighted by Crippen LogP contribution is -2.02. The van der Waals surface area contributed by atoms with Crippen LogP contribution in [0.1, 0.15) is 18.0 Å². The molecule has 1 atom stereocenters. The Labute approximate surface area is 116 Å². The summed E-state index contributed by atoms with van der Waals surface area (Å²) in [4.78, 5) is 23.5. The summed E-state index contributed by atoms with van der Waals surface area (Å²) in [6.07, 6.45) is 0.969. The van der Waals surface area contributed by atoms with E-state index in [0.717, 1.165) is 11.3 Å². The molecule has 102 valence electrons. The number of benzene rings is 1. The van der Waals surface area contributed by atoms with E-state index in [0.29, 0.717) is 10.8 Å². The molecular formula is C11H8N4O4S. The lowest BCUT2D eigenvalue weighted by molar-refractivity contribution is -0.384. The average molecular weight is 292 g/mol.